The minimum Gasteiger partial charge on any atom is -0.466 e. The summed E-state index contributed by atoms with van der Waals surface area (Å²) in [4.78, 5) is 25.6. The summed E-state index contributed by atoms with van der Waals surface area (Å²) in [5, 5.41) is 0.246. The maximum atomic E-state index is 13.4. The van der Waals surface area contributed by atoms with Gasteiger partial charge in [0.1, 0.15) is 6.10 Å². The molecule has 3 unspecified atom stereocenters. The van der Waals surface area contributed by atoms with Crippen molar-refractivity contribution < 1.29 is 23.2 Å². The molecule has 0 radical (unpaired) electrons. The zero-order valence-electron chi connectivity index (χ0n) is 32.2. The van der Waals surface area contributed by atoms with Crippen LogP contribution in [0.15, 0.2) is 11.6 Å². The number of fused-ring (bicyclic) bond motifs is 1. The Morgan fingerprint density at radius 1 is 0.894 bits per heavy atom. The van der Waals surface area contributed by atoms with Crippen LogP contribution >= 0.6 is 0 Å². The van der Waals surface area contributed by atoms with E-state index in [2.05, 4.69) is 92.6 Å². The molecule has 5 atom stereocenters. The summed E-state index contributed by atoms with van der Waals surface area (Å²) >= 11 is 0. The lowest BCUT2D eigenvalue weighted by atomic mass is 9.84. The van der Waals surface area contributed by atoms with E-state index < -0.39 is 16.6 Å². The molecule has 3 aliphatic rings. The Hall–Kier alpha value is -1.21. The summed E-state index contributed by atoms with van der Waals surface area (Å²) in [5.41, 5.74) is 0.937. The average Bonchev–Trinajstić information content (AvgIpc) is 3.52. The molecule has 0 saturated heterocycles. The predicted octanol–water partition coefficient (Wildman–Crippen LogP) is 10.8. The minimum absolute atomic E-state index is 0.0365. The average molecular weight is 687 g/mol. The third kappa shape index (κ3) is 11.4. The molecule has 7 heteroatoms. The van der Waals surface area contributed by atoms with E-state index in [1.54, 1.807) is 0 Å². The maximum Gasteiger partial charge on any atom is 0.305 e. The zero-order chi connectivity index (χ0) is 35.0. The van der Waals surface area contributed by atoms with Gasteiger partial charge in [0.05, 0.1) is 12.7 Å². The van der Waals surface area contributed by atoms with Crippen molar-refractivity contribution in [3.8, 4) is 11.8 Å². The van der Waals surface area contributed by atoms with Crippen molar-refractivity contribution in [3.63, 3.8) is 0 Å². The first-order valence-corrected chi connectivity index (χ1v) is 24.9. The van der Waals surface area contributed by atoms with Gasteiger partial charge in [-0.3, -0.25) is 9.59 Å². The number of Topliss-reactive ketones (excluding diaryl/α,β-unsaturated/α-hetero) is 1. The van der Waals surface area contributed by atoms with E-state index >= 15 is 0 Å². The highest BCUT2D eigenvalue weighted by Crippen LogP contribution is 2.50. The molecule has 0 aliphatic heterocycles. The summed E-state index contributed by atoms with van der Waals surface area (Å²) in [6.45, 7) is 25.9. The fraction of sp³-hybridized carbons (Fsp3) is 0.850. The van der Waals surface area contributed by atoms with Gasteiger partial charge in [0.25, 0.3) is 0 Å². The lowest BCUT2D eigenvalue weighted by Gasteiger charge is -2.41. The molecule has 3 rings (SSSR count). The number of allylic oxidation sites excluding steroid dienone is 2. The van der Waals surface area contributed by atoms with E-state index in [1.807, 2.05) is 0 Å². The fourth-order valence-electron chi connectivity index (χ4n) is 6.96. The van der Waals surface area contributed by atoms with Crippen molar-refractivity contribution in [2.75, 3.05) is 6.61 Å². The number of ketones is 1. The highest BCUT2D eigenvalue weighted by atomic mass is 28.4. The SMILES string of the molecule is CCCCCCOC(=O)CCCC(=O)C1=CC2C[C@H](O[Si](C)(C)C(C)(C)C)[C@@H](C#CC(O[Si](C)(C)C(C)(C)C)C3CCCCC3)C2C1. The van der Waals surface area contributed by atoms with Gasteiger partial charge in [-0.15, -0.1) is 0 Å². The first kappa shape index (κ1) is 40.2. The maximum absolute atomic E-state index is 13.4. The lowest BCUT2D eigenvalue weighted by Crippen LogP contribution is -2.46. The lowest BCUT2D eigenvalue weighted by molar-refractivity contribution is -0.143. The van der Waals surface area contributed by atoms with Gasteiger partial charge in [-0.25, -0.2) is 0 Å². The van der Waals surface area contributed by atoms with Crippen LogP contribution in [-0.2, 0) is 23.2 Å². The van der Waals surface area contributed by atoms with Gasteiger partial charge in [-0.2, -0.15) is 0 Å². The quantitative estimate of drug-likeness (QED) is 0.0742. The van der Waals surface area contributed by atoms with Crippen LogP contribution in [0.1, 0.15) is 138 Å². The normalized spacial score (nSPS) is 24.7. The van der Waals surface area contributed by atoms with Crippen molar-refractivity contribution in [1.82, 2.24) is 0 Å². The highest BCUT2D eigenvalue weighted by molar-refractivity contribution is 6.74. The van der Waals surface area contributed by atoms with Crippen LogP contribution in [0.5, 0.6) is 0 Å². The topological polar surface area (TPSA) is 61.8 Å². The second-order valence-corrected chi connectivity index (χ2v) is 27.5. The number of hydrogen-bond acceptors (Lipinski definition) is 5. The van der Waals surface area contributed by atoms with Crippen molar-refractivity contribution in [3.05, 3.63) is 11.6 Å². The number of rotatable bonds is 15. The van der Waals surface area contributed by atoms with Gasteiger partial charge < -0.3 is 13.6 Å². The van der Waals surface area contributed by atoms with Crippen LogP contribution in [0.4, 0.5) is 0 Å². The van der Waals surface area contributed by atoms with Crippen LogP contribution in [-0.4, -0.2) is 47.2 Å². The van der Waals surface area contributed by atoms with E-state index in [4.69, 9.17) is 13.6 Å². The van der Waals surface area contributed by atoms with Gasteiger partial charge >= 0.3 is 5.97 Å². The van der Waals surface area contributed by atoms with Crippen molar-refractivity contribution in [2.45, 2.75) is 187 Å². The summed E-state index contributed by atoms with van der Waals surface area (Å²) in [7, 11) is -4.03. The number of hydrogen-bond donors (Lipinski definition) is 0. The van der Waals surface area contributed by atoms with Crippen molar-refractivity contribution >= 4 is 28.4 Å². The first-order chi connectivity index (χ1) is 21.9. The number of ether oxygens (including phenoxy) is 1. The van der Waals surface area contributed by atoms with Crippen LogP contribution in [0.2, 0.25) is 36.3 Å². The Balaban J connectivity index is 1.75. The van der Waals surface area contributed by atoms with Crippen LogP contribution in [0, 0.1) is 35.5 Å². The second kappa shape index (κ2) is 17.1. The van der Waals surface area contributed by atoms with Gasteiger partial charge in [0, 0.05) is 18.8 Å². The Bertz CT molecular complexity index is 1130. The first-order valence-electron chi connectivity index (χ1n) is 19.1. The third-order valence-electron chi connectivity index (χ3n) is 12.1. The molecule has 268 valence electrons. The molecule has 0 spiro atoms. The molecule has 2 fully saturated rings. The number of esters is 1. The van der Waals surface area contributed by atoms with Gasteiger partial charge in [-0.05, 0) is 98.1 Å². The molecule has 0 aromatic rings. The molecule has 0 aromatic carbocycles. The second-order valence-electron chi connectivity index (χ2n) is 17.9. The summed E-state index contributed by atoms with van der Waals surface area (Å²) in [6.07, 6.45) is 15.8. The van der Waals surface area contributed by atoms with E-state index in [9.17, 15) is 9.59 Å². The number of carbonyl (C=O) groups is 2. The Labute approximate surface area is 291 Å². The van der Waals surface area contributed by atoms with Gasteiger partial charge in [-0.1, -0.05) is 105 Å². The van der Waals surface area contributed by atoms with E-state index in [1.165, 1.54) is 38.5 Å². The molecule has 5 nitrogen and oxygen atoms in total. The fourth-order valence-corrected chi connectivity index (χ4v) is 9.55. The molecular formula is C40H70O5Si2. The van der Waals surface area contributed by atoms with Crippen LogP contribution in [0.3, 0.4) is 0 Å². The molecule has 47 heavy (non-hydrogen) atoms. The van der Waals surface area contributed by atoms with Crippen molar-refractivity contribution in [1.29, 1.82) is 0 Å². The van der Waals surface area contributed by atoms with E-state index in [0.29, 0.717) is 43.6 Å². The zero-order valence-corrected chi connectivity index (χ0v) is 34.2. The number of unbranched alkanes of at least 4 members (excludes halogenated alkanes) is 3. The molecule has 2 saturated carbocycles. The molecule has 3 aliphatic carbocycles. The van der Waals surface area contributed by atoms with E-state index in [-0.39, 0.29) is 40.0 Å². The molecule has 0 amide bonds. The Morgan fingerprint density at radius 3 is 2.17 bits per heavy atom. The largest absolute Gasteiger partial charge is 0.466 e. The predicted molar refractivity (Wildman–Crippen MR) is 200 cm³/mol. The molecule has 0 N–H and O–H groups in total. The molecule has 0 bridgehead atoms. The standard InChI is InChI=1S/C40H70O5Si2/c1-12-13-14-18-26-43-38(42)23-19-22-35(41)32-27-31-29-37(45-47(10,11)40(5,6)7)33(34(31)28-32)24-25-36(30-20-16-15-17-21-30)44-46(8,9)39(2,3)4/h27,30-31,33-34,36-37H,12-23,26,28-29H2,1-11H3/t31?,33-,34?,36?,37-/m0/s1. The number of carbonyl (C=O) groups excluding carboxylic acids is 2. The molecule has 0 heterocycles. The molecule has 0 aromatic heterocycles. The van der Waals surface area contributed by atoms with Crippen molar-refractivity contribution in [2.24, 2.45) is 23.7 Å². The summed E-state index contributed by atoms with van der Waals surface area (Å²) < 4.78 is 19.6. The Kier molecular flexibility index (Phi) is 14.7. The monoisotopic (exact) mass is 686 g/mol. The van der Waals surface area contributed by atoms with E-state index in [0.717, 1.165) is 37.7 Å². The minimum atomic E-state index is -2.02. The van der Waals surface area contributed by atoms with Gasteiger partial charge in [0.15, 0.2) is 22.4 Å². The smallest absolute Gasteiger partial charge is 0.305 e. The highest BCUT2D eigenvalue weighted by Gasteiger charge is 2.50. The van der Waals surface area contributed by atoms with Gasteiger partial charge in [0.2, 0.25) is 0 Å². The third-order valence-corrected chi connectivity index (χ3v) is 21.1. The van der Waals surface area contributed by atoms with Crippen LogP contribution in [0.25, 0.3) is 0 Å². The Morgan fingerprint density at radius 2 is 1.55 bits per heavy atom. The summed E-state index contributed by atoms with van der Waals surface area (Å²) in [6, 6.07) is 0. The van der Waals surface area contributed by atoms with Crippen LogP contribution < -0.4 is 0 Å². The summed E-state index contributed by atoms with van der Waals surface area (Å²) in [5.74, 6) is 8.81. The molecular weight excluding hydrogens is 617 g/mol.